The molecule has 2 N–H and O–H groups in total. The Bertz CT molecular complexity index is 660. The summed E-state index contributed by atoms with van der Waals surface area (Å²) >= 11 is 5.87. The molecular formula is C10H5Br2F2N3O. The van der Waals surface area contributed by atoms with Crippen molar-refractivity contribution in [2.24, 2.45) is 0 Å². The maximum Gasteiger partial charge on any atom is 0.267 e. The summed E-state index contributed by atoms with van der Waals surface area (Å²) in [7, 11) is 0. The number of nitrogens with zero attached hydrogens (tertiary/aromatic N) is 1. The van der Waals surface area contributed by atoms with Crippen molar-refractivity contribution in [2.45, 2.75) is 0 Å². The standard InChI is InChI=1S/C10H5Br2F2N3O/c11-4-1-6(14)7(2-5(4)13)17-9-8(12)10(18)16-3-15-9/h1-3H,(H2,15,16,17,18). The second kappa shape index (κ2) is 5.15. The zero-order valence-corrected chi connectivity index (χ0v) is 11.8. The summed E-state index contributed by atoms with van der Waals surface area (Å²) in [5.41, 5.74) is -0.542. The number of halogens is 4. The summed E-state index contributed by atoms with van der Waals surface area (Å²) < 4.78 is 27.0. The van der Waals surface area contributed by atoms with Gasteiger partial charge in [0.2, 0.25) is 0 Å². The molecule has 0 fully saturated rings. The predicted octanol–water partition coefficient (Wildman–Crippen LogP) is 3.32. The van der Waals surface area contributed by atoms with E-state index in [2.05, 4.69) is 47.1 Å². The van der Waals surface area contributed by atoms with Crippen molar-refractivity contribution in [3.05, 3.63) is 49.4 Å². The topological polar surface area (TPSA) is 57.8 Å². The molecule has 0 radical (unpaired) electrons. The molecule has 4 nitrogen and oxygen atoms in total. The minimum Gasteiger partial charge on any atom is -0.337 e. The number of aromatic nitrogens is 2. The van der Waals surface area contributed by atoms with Gasteiger partial charge in [0.05, 0.1) is 16.5 Å². The summed E-state index contributed by atoms with van der Waals surface area (Å²) in [5.74, 6) is -1.20. The Hall–Kier alpha value is -1.28. The van der Waals surface area contributed by atoms with Crippen LogP contribution in [0.5, 0.6) is 0 Å². The fourth-order valence-corrected chi connectivity index (χ4v) is 1.85. The molecule has 1 aromatic carbocycles. The molecular weight excluding hydrogens is 376 g/mol. The van der Waals surface area contributed by atoms with Gasteiger partial charge in [-0.15, -0.1) is 0 Å². The third-order valence-corrected chi connectivity index (χ3v) is 3.40. The third-order valence-electron chi connectivity index (χ3n) is 2.06. The molecule has 2 aromatic rings. The number of H-pyrrole nitrogens is 1. The number of rotatable bonds is 2. The summed E-state index contributed by atoms with van der Waals surface area (Å²) in [5, 5.41) is 2.54. The molecule has 1 aromatic heterocycles. The first-order valence-electron chi connectivity index (χ1n) is 4.64. The van der Waals surface area contributed by atoms with Crippen molar-refractivity contribution in [2.75, 3.05) is 5.32 Å². The van der Waals surface area contributed by atoms with E-state index in [9.17, 15) is 13.6 Å². The molecule has 0 aliphatic heterocycles. The highest BCUT2D eigenvalue weighted by Gasteiger charge is 2.11. The van der Waals surface area contributed by atoms with Gasteiger partial charge in [0.1, 0.15) is 16.1 Å². The van der Waals surface area contributed by atoms with Crippen LogP contribution in [0.25, 0.3) is 0 Å². The Morgan fingerprint density at radius 1 is 1.22 bits per heavy atom. The second-order valence-corrected chi connectivity index (χ2v) is 4.91. The van der Waals surface area contributed by atoms with E-state index in [1.807, 2.05) is 0 Å². The number of nitrogens with one attached hydrogen (secondary N) is 2. The van der Waals surface area contributed by atoms with E-state index in [4.69, 9.17) is 0 Å². The highest BCUT2D eigenvalue weighted by Crippen LogP contribution is 2.26. The highest BCUT2D eigenvalue weighted by molar-refractivity contribution is 9.10. The molecule has 0 saturated heterocycles. The van der Waals surface area contributed by atoms with Gasteiger partial charge in [0, 0.05) is 6.07 Å². The number of anilines is 2. The Morgan fingerprint density at radius 2 is 1.94 bits per heavy atom. The van der Waals surface area contributed by atoms with Crippen LogP contribution in [0.2, 0.25) is 0 Å². The molecule has 0 saturated carbocycles. The first-order valence-corrected chi connectivity index (χ1v) is 6.22. The van der Waals surface area contributed by atoms with Crippen molar-refractivity contribution >= 4 is 43.4 Å². The molecule has 0 amide bonds. The summed E-state index contributed by atoms with van der Waals surface area (Å²) in [6.07, 6.45) is 1.16. The molecule has 18 heavy (non-hydrogen) atoms. The highest BCUT2D eigenvalue weighted by atomic mass is 79.9. The van der Waals surface area contributed by atoms with Gasteiger partial charge in [-0.2, -0.15) is 0 Å². The first kappa shape index (κ1) is 13.2. The molecule has 0 unspecified atom stereocenters. The zero-order chi connectivity index (χ0) is 13.3. The Labute approximate surface area is 117 Å². The minimum atomic E-state index is -0.669. The lowest BCUT2D eigenvalue weighted by atomic mass is 10.3. The number of aromatic amines is 1. The average molecular weight is 381 g/mol. The molecule has 94 valence electrons. The van der Waals surface area contributed by atoms with Gasteiger partial charge >= 0.3 is 0 Å². The summed E-state index contributed by atoms with van der Waals surface area (Å²) in [6, 6.07) is 1.95. The third kappa shape index (κ3) is 2.59. The lowest BCUT2D eigenvalue weighted by Gasteiger charge is -2.08. The van der Waals surface area contributed by atoms with Gasteiger partial charge in [0.25, 0.3) is 5.56 Å². The van der Waals surface area contributed by atoms with Crippen molar-refractivity contribution in [3.8, 4) is 0 Å². The zero-order valence-electron chi connectivity index (χ0n) is 8.60. The maximum atomic E-state index is 13.6. The average Bonchev–Trinajstić information content (AvgIpc) is 2.32. The van der Waals surface area contributed by atoms with E-state index in [0.29, 0.717) is 0 Å². The predicted molar refractivity (Wildman–Crippen MR) is 69.9 cm³/mol. The van der Waals surface area contributed by atoms with E-state index < -0.39 is 17.2 Å². The van der Waals surface area contributed by atoms with Crippen LogP contribution in [0.4, 0.5) is 20.3 Å². The lowest BCUT2D eigenvalue weighted by Crippen LogP contribution is -2.10. The van der Waals surface area contributed by atoms with Crippen molar-refractivity contribution in [1.82, 2.24) is 9.97 Å². The van der Waals surface area contributed by atoms with E-state index in [0.717, 1.165) is 18.5 Å². The summed E-state index contributed by atoms with van der Waals surface area (Å²) in [6.45, 7) is 0. The number of hydrogen-bond acceptors (Lipinski definition) is 3. The van der Waals surface area contributed by atoms with Gasteiger partial charge in [0.15, 0.2) is 5.82 Å². The molecule has 0 bridgehead atoms. The summed E-state index contributed by atoms with van der Waals surface area (Å²) in [4.78, 5) is 17.4. The first-order chi connectivity index (χ1) is 8.49. The second-order valence-electron chi connectivity index (χ2n) is 3.27. The van der Waals surface area contributed by atoms with Crippen LogP contribution in [0.3, 0.4) is 0 Å². The van der Waals surface area contributed by atoms with E-state index >= 15 is 0 Å². The monoisotopic (exact) mass is 379 g/mol. The Balaban J connectivity index is 2.43. The van der Waals surface area contributed by atoms with Gasteiger partial charge in [-0.05, 0) is 37.9 Å². The molecule has 1 heterocycles. The van der Waals surface area contributed by atoms with Crippen LogP contribution in [0.1, 0.15) is 0 Å². The molecule has 0 aliphatic rings. The minimum absolute atomic E-state index is 0.0171. The Kier molecular flexibility index (Phi) is 3.76. The molecule has 0 atom stereocenters. The normalized spacial score (nSPS) is 10.4. The fourth-order valence-electron chi connectivity index (χ4n) is 1.22. The smallest absolute Gasteiger partial charge is 0.267 e. The van der Waals surface area contributed by atoms with E-state index in [1.54, 1.807) is 0 Å². The molecule has 8 heteroatoms. The SMILES string of the molecule is O=c1[nH]cnc(Nc2cc(F)c(Br)cc2F)c1Br. The van der Waals surface area contributed by atoms with Gasteiger partial charge in [-0.1, -0.05) is 0 Å². The van der Waals surface area contributed by atoms with Gasteiger partial charge in [-0.25, -0.2) is 13.8 Å². The molecule has 2 rings (SSSR count). The molecule has 0 aliphatic carbocycles. The van der Waals surface area contributed by atoms with Crippen molar-refractivity contribution in [3.63, 3.8) is 0 Å². The largest absolute Gasteiger partial charge is 0.337 e. The molecule has 0 spiro atoms. The van der Waals surface area contributed by atoms with Crippen LogP contribution in [0.15, 0.2) is 32.2 Å². The maximum absolute atomic E-state index is 13.6. The van der Waals surface area contributed by atoms with Crippen LogP contribution in [-0.4, -0.2) is 9.97 Å². The van der Waals surface area contributed by atoms with Crippen LogP contribution in [0, 0.1) is 11.6 Å². The van der Waals surface area contributed by atoms with Gasteiger partial charge in [-0.3, -0.25) is 4.79 Å². The van der Waals surface area contributed by atoms with Crippen LogP contribution < -0.4 is 10.9 Å². The lowest BCUT2D eigenvalue weighted by molar-refractivity contribution is 0.597. The number of hydrogen-bond donors (Lipinski definition) is 2. The number of benzene rings is 1. The van der Waals surface area contributed by atoms with Crippen molar-refractivity contribution in [1.29, 1.82) is 0 Å². The quantitative estimate of drug-likeness (QED) is 0.786. The Morgan fingerprint density at radius 3 is 2.67 bits per heavy atom. The van der Waals surface area contributed by atoms with Gasteiger partial charge < -0.3 is 10.3 Å². The van der Waals surface area contributed by atoms with E-state index in [-0.39, 0.29) is 20.5 Å². The van der Waals surface area contributed by atoms with E-state index in [1.165, 1.54) is 0 Å². The van der Waals surface area contributed by atoms with Crippen LogP contribution >= 0.6 is 31.9 Å². The van der Waals surface area contributed by atoms with Crippen molar-refractivity contribution < 1.29 is 8.78 Å². The van der Waals surface area contributed by atoms with Crippen LogP contribution in [-0.2, 0) is 0 Å². The fraction of sp³-hybridized carbons (Fsp3) is 0.